The van der Waals surface area contributed by atoms with Gasteiger partial charge in [-0.05, 0) is 56.0 Å². The SMILES string of the molecule is Cc1ccc2nc(Nc3ncc4c(n3)C[C@H](c3ccc(F)cc3)CC4=O)nc(C)c2c1. The van der Waals surface area contributed by atoms with Crippen LogP contribution in [-0.4, -0.2) is 25.7 Å². The Morgan fingerprint density at radius 1 is 0.968 bits per heavy atom. The van der Waals surface area contributed by atoms with Crippen molar-refractivity contribution < 1.29 is 9.18 Å². The first kappa shape index (κ1) is 19.2. The Hall–Kier alpha value is -3.74. The number of ketones is 1. The molecule has 0 aliphatic heterocycles. The number of halogens is 1. The van der Waals surface area contributed by atoms with Gasteiger partial charge in [0.1, 0.15) is 5.82 Å². The molecule has 0 saturated heterocycles. The lowest BCUT2D eigenvalue weighted by molar-refractivity contribution is 0.0962. The van der Waals surface area contributed by atoms with Crippen LogP contribution in [-0.2, 0) is 6.42 Å². The van der Waals surface area contributed by atoms with Crippen molar-refractivity contribution in [3.63, 3.8) is 0 Å². The summed E-state index contributed by atoms with van der Waals surface area (Å²) < 4.78 is 13.3. The number of aromatic nitrogens is 4. The van der Waals surface area contributed by atoms with Crippen molar-refractivity contribution >= 4 is 28.6 Å². The number of nitrogens with zero attached hydrogens (tertiary/aromatic N) is 4. The van der Waals surface area contributed by atoms with Gasteiger partial charge in [-0.25, -0.2) is 24.3 Å². The van der Waals surface area contributed by atoms with Crippen molar-refractivity contribution in [2.75, 3.05) is 5.32 Å². The first-order valence-corrected chi connectivity index (χ1v) is 10.1. The van der Waals surface area contributed by atoms with Crippen LogP contribution in [0.3, 0.4) is 0 Å². The van der Waals surface area contributed by atoms with Gasteiger partial charge < -0.3 is 0 Å². The minimum absolute atomic E-state index is 0.00436. The number of fused-ring (bicyclic) bond motifs is 2. The molecule has 2 aromatic heterocycles. The molecule has 6 nitrogen and oxygen atoms in total. The van der Waals surface area contributed by atoms with E-state index < -0.39 is 0 Å². The van der Waals surface area contributed by atoms with Crippen LogP contribution >= 0.6 is 0 Å². The average molecular weight is 413 g/mol. The first-order valence-electron chi connectivity index (χ1n) is 10.1. The Bertz CT molecular complexity index is 1320. The zero-order valence-electron chi connectivity index (χ0n) is 17.2. The van der Waals surface area contributed by atoms with Gasteiger partial charge in [-0.15, -0.1) is 0 Å². The van der Waals surface area contributed by atoms with E-state index in [1.807, 2.05) is 26.0 Å². The number of Topliss-reactive ketones (excluding diaryl/α,β-unsaturated/α-hetero) is 1. The number of carbonyl (C=O) groups excluding carboxylic acids is 1. The van der Waals surface area contributed by atoms with Gasteiger partial charge in [0.15, 0.2) is 5.78 Å². The highest BCUT2D eigenvalue weighted by Gasteiger charge is 2.28. The maximum absolute atomic E-state index is 13.3. The second kappa shape index (κ2) is 7.50. The van der Waals surface area contributed by atoms with Crippen LogP contribution in [0.4, 0.5) is 16.3 Å². The van der Waals surface area contributed by atoms with Crippen LogP contribution in [0.1, 0.15) is 45.2 Å². The monoisotopic (exact) mass is 413 g/mol. The molecule has 0 bridgehead atoms. The van der Waals surface area contributed by atoms with Gasteiger partial charge in [0.2, 0.25) is 11.9 Å². The fourth-order valence-electron chi connectivity index (χ4n) is 4.03. The van der Waals surface area contributed by atoms with E-state index in [0.717, 1.165) is 27.7 Å². The summed E-state index contributed by atoms with van der Waals surface area (Å²) in [4.78, 5) is 30.6. The van der Waals surface area contributed by atoms with E-state index in [4.69, 9.17) is 0 Å². The highest BCUT2D eigenvalue weighted by molar-refractivity contribution is 5.98. The summed E-state index contributed by atoms with van der Waals surface area (Å²) in [5, 5.41) is 4.08. The van der Waals surface area contributed by atoms with Crippen LogP contribution in [0.5, 0.6) is 0 Å². The van der Waals surface area contributed by atoms with E-state index in [2.05, 4.69) is 31.3 Å². The molecule has 1 N–H and O–H groups in total. The Morgan fingerprint density at radius 3 is 2.58 bits per heavy atom. The second-order valence-electron chi connectivity index (χ2n) is 7.91. The normalized spacial score (nSPS) is 15.7. The Labute approximate surface area is 178 Å². The van der Waals surface area contributed by atoms with Crippen LogP contribution < -0.4 is 5.32 Å². The summed E-state index contributed by atoms with van der Waals surface area (Å²) in [5.74, 6) is 0.421. The zero-order chi connectivity index (χ0) is 21.5. The molecule has 2 aromatic carbocycles. The maximum Gasteiger partial charge on any atom is 0.230 e. The van der Waals surface area contributed by atoms with Crippen molar-refractivity contribution in [1.82, 2.24) is 19.9 Å². The van der Waals surface area contributed by atoms with Gasteiger partial charge in [-0.2, -0.15) is 0 Å². The fraction of sp³-hybridized carbons (Fsp3) is 0.208. The third-order valence-corrected chi connectivity index (χ3v) is 5.65. The number of aryl methyl sites for hydroxylation is 2. The van der Waals surface area contributed by atoms with Crippen LogP contribution in [0, 0.1) is 19.7 Å². The highest BCUT2D eigenvalue weighted by Crippen LogP contribution is 2.32. The van der Waals surface area contributed by atoms with Crippen molar-refractivity contribution in [2.24, 2.45) is 0 Å². The van der Waals surface area contributed by atoms with Gasteiger partial charge >= 0.3 is 0 Å². The first-order chi connectivity index (χ1) is 15.0. The maximum atomic E-state index is 13.3. The lowest BCUT2D eigenvalue weighted by Crippen LogP contribution is -2.21. The molecule has 1 atom stereocenters. The zero-order valence-corrected chi connectivity index (χ0v) is 17.2. The van der Waals surface area contributed by atoms with Gasteiger partial charge in [-0.1, -0.05) is 23.8 Å². The Morgan fingerprint density at radius 2 is 1.77 bits per heavy atom. The summed E-state index contributed by atoms with van der Waals surface area (Å²) in [6.45, 7) is 3.97. The van der Waals surface area contributed by atoms with Gasteiger partial charge in [-0.3, -0.25) is 10.1 Å². The lowest BCUT2D eigenvalue weighted by Gasteiger charge is -2.23. The molecule has 5 rings (SSSR count). The summed E-state index contributed by atoms with van der Waals surface area (Å²) in [6.07, 6.45) is 2.51. The molecule has 0 radical (unpaired) electrons. The molecule has 0 fully saturated rings. The van der Waals surface area contributed by atoms with Crippen molar-refractivity contribution in [3.8, 4) is 0 Å². The molecule has 154 valence electrons. The van der Waals surface area contributed by atoms with Crippen LogP contribution in [0.2, 0.25) is 0 Å². The second-order valence-corrected chi connectivity index (χ2v) is 7.91. The number of benzene rings is 2. The van der Waals surface area contributed by atoms with E-state index in [1.165, 1.54) is 12.1 Å². The predicted octanol–water partition coefficient (Wildman–Crippen LogP) is 4.83. The molecule has 0 amide bonds. The number of anilines is 2. The summed E-state index contributed by atoms with van der Waals surface area (Å²) in [5.41, 5.74) is 4.99. The summed E-state index contributed by atoms with van der Waals surface area (Å²) >= 11 is 0. The van der Waals surface area contributed by atoms with E-state index in [9.17, 15) is 9.18 Å². The minimum Gasteiger partial charge on any atom is -0.294 e. The third kappa shape index (κ3) is 3.74. The topological polar surface area (TPSA) is 80.7 Å². The smallest absolute Gasteiger partial charge is 0.230 e. The van der Waals surface area contributed by atoms with E-state index in [0.29, 0.717) is 36.0 Å². The molecule has 31 heavy (non-hydrogen) atoms. The standard InChI is InChI=1S/C24H20FN5O/c1-13-3-8-20-18(9-13)14(2)27-24(28-20)30-23-26-12-19-21(29-23)10-16(11-22(19)31)15-4-6-17(25)7-5-15/h3-9,12,16H,10-11H2,1-2H3,(H,26,27,28,29,30)/t16-/m0/s1. The molecule has 2 heterocycles. The number of hydrogen-bond acceptors (Lipinski definition) is 6. The fourth-order valence-corrected chi connectivity index (χ4v) is 4.03. The van der Waals surface area contributed by atoms with Crippen molar-refractivity contribution in [2.45, 2.75) is 32.6 Å². The van der Waals surface area contributed by atoms with Gasteiger partial charge in [0.25, 0.3) is 0 Å². The summed E-state index contributed by atoms with van der Waals surface area (Å²) in [7, 11) is 0. The molecule has 0 unspecified atom stereocenters. The number of nitrogens with one attached hydrogen (secondary N) is 1. The minimum atomic E-state index is -0.291. The largest absolute Gasteiger partial charge is 0.294 e. The molecular formula is C24H20FN5O. The molecule has 1 aliphatic rings. The Kier molecular flexibility index (Phi) is 4.66. The quantitative estimate of drug-likeness (QED) is 0.518. The van der Waals surface area contributed by atoms with E-state index in [1.54, 1.807) is 18.3 Å². The number of rotatable bonds is 3. The van der Waals surface area contributed by atoms with Gasteiger partial charge in [0, 0.05) is 18.0 Å². The van der Waals surface area contributed by atoms with Crippen LogP contribution in [0.15, 0.2) is 48.7 Å². The van der Waals surface area contributed by atoms with Crippen molar-refractivity contribution in [1.29, 1.82) is 0 Å². The molecule has 1 aliphatic carbocycles. The van der Waals surface area contributed by atoms with Gasteiger partial charge in [0.05, 0.1) is 22.5 Å². The molecule has 0 saturated carbocycles. The number of hydrogen-bond donors (Lipinski definition) is 1. The van der Waals surface area contributed by atoms with E-state index in [-0.39, 0.29) is 17.5 Å². The lowest BCUT2D eigenvalue weighted by atomic mass is 9.82. The summed E-state index contributed by atoms with van der Waals surface area (Å²) in [6, 6.07) is 12.3. The Balaban J connectivity index is 1.44. The predicted molar refractivity (Wildman–Crippen MR) is 116 cm³/mol. The molecule has 7 heteroatoms. The third-order valence-electron chi connectivity index (χ3n) is 5.65. The average Bonchev–Trinajstić information content (AvgIpc) is 2.74. The van der Waals surface area contributed by atoms with Crippen molar-refractivity contribution in [3.05, 3.63) is 82.6 Å². The highest BCUT2D eigenvalue weighted by atomic mass is 19.1. The van der Waals surface area contributed by atoms with E-state index >= 15 is 0 Å². The molecule has 0 spiro atoms. The number of carbonyl (C=O) groups is 1. The molecule has 4 aromatic rings. The van der Waals surface area contributed by atoms with Crippen LogP contribution in [0.25, 0.3) is 10.9 Å². The molecular weight excluding hydrogens is 393 g/mol.